The monoisotopic (exact) mass is 807 g/mol. The van der Waals surface area contributed by atoms with E-state index in [0.29, 0.717) is 34.2 Å². The molecule has 1 aliphatic rings. The third kappa shape index (κ3) is 7.91. The largest absolute Gasteiger partial charge is 0.448 e. The minimum absolute atomic E-state index is 0.0243. The zero-order valence-electron chi connectivity index (χ0n) is 29.8. The number of fused-ring (bicyclic) bond motifs is 4. The smallest absolute Gasteiger partial charge is 0.411 e. The highest BCUT2D eigenvalue weighted by molar-refractivity contribution is 9.10. The molecule has 0 bridgehead atoms. The summed E-state index contributed by atoms with van der Waals surface area (Å²) in [7, 11) is 0. The van der Waals surface area contributed by atoms with Crippen molar-refractivity contribution < 1.29 is 14.3 Å². The van der Waals surface area contributed by atoms with E-state index in [4.69, 9.17) is 9.72 Å². The number of rotatable bonds is 10. The van der Waals surface area contributed by atoms with E-state index in [-0.39, 0.29) is 24.3 Å². The predicted molar refractivity (Wildman–Crippen MR) is 220 cm³/mol. The number of nitrogens with zero attached hydrogens (tertiary/aromatic N) is 4. The molecule has 3 aromatic heterocycles. The fourth-order valence-corrected chi connectivity index (χ4v) is 7.60. The van der Waals surface area contributed by atoms with E-state index < -0.39 is 6.09 Å². The molecule has 272 valence electrons. The second kappa shape index (κ2) is 15.7. The maximum absolute atomic E-state index is 13.4. The number of hydrogen-bond acceptors (Lipinski definition) is 9. The van der Waals surface area contributed by atoms with E-state index in [9.17, 15) is 9.59 Å². The minimum Gasteiger partial charge on any atom is -0.448 e. The maximum Gasteiger partial charge on any atom is 0.411 e. The number of hydrogen-bond donors (Lipinski definition) is 3. The number of nitrogens with one attached hydrogen (secondary N) is 3. The molecular weight excluding hydrogens is 774 g/mol. The van der Waals surface area contributed by atoms with Gasteiger partial charge in [0, 0.05) is 43.3 Å². The van der Waals surface area contributed by atoms with Crippen LogP contribution in [0.5, 0.6) is 0 Å². The fourth-order valence-electron chi connectivity index (χ4n) is 6.49. The van der Waals surface area contributed by atoms with Crippen LogP contribution in [-0.2, 0) is 4.74 Å². The van der Waals surface area contributed by atoms with Crippen molar-refractivity contribution in [2.75, 3.05) is 22.6 Å². The lowest BCUT2D eigenvalue weighted by Crippen LogP contribution is -2.17. The summed E-state index contributed by atoms with van der Waals surface area (Å²) in [4.78, 5) is 46.0. The Morgan fingerprint density at radius 2 is 1.56 bits per heavy atom. The minimum atomic E-state index is -0.520. The molecule has 55 heavy (non-hydrogen) atoms. The van der Waals surface area contributed by atoms with Crippen molar-refractivity contribution in [2.24, 2.45) is 0 Å². The van der Waals surface area contributed by atoms with E-state index in [2.05, 4.69) is 84.9 Å². The first-order valence-corrected chi connectivity index (χ1v) is 19.3. The maximum atomic E-state index is 13.4. The van der Waals surface area contributed by atoms with Gasteiger partial charge in [0.05, 0.1) is 11.1 Å². The van der Waals surface area contributed by atoms with Crippen molar-refractivity contribution in [2.45, 2.75) is 35.5 Å². The molecule has 12 heteroatoms. The average molecular weight is 809 g/mol. The summed E-state index contributed by atoms with van der Waals surface area (Å²) in [5.41, 5.74) is 7.88. The Morgan fingerprint density at radius 3 is 2.27 bits per heavy atom. The van der Waals surface area contributed by atoms with E-state index in [0.717, 1.165) is 36.5 Å². The number of amides is 2. The molecule has 0 unspecified atom stereocenters. The van der Waals surface area contributed by atoms with Crippen molar-refractivity contribution in [1.29, 1.82) is 0 Å². The van der Waals surface area contributed by atoms with Crippen LogP contribution in [0.4, 0.5) is 27.8 Å². The number of benzene rings is 4. The number of carbonyl (C=O) groups excluding carboxylic acids is 2. The van der Waals surface area contributed by atoms with E-state index >= 15 is 0 Å². The van der Waals surface area contributed by atoms with Crippen molar-refractivity contribution >= 4 is 73.7 Å². The highest BCUT2D eigenvalue weighted by atomic mass is 79.9. The van der Waals surface area contributed by atoms with E-state index in [1.807, 2.05) is 72.8 Å². The summed E-state index contributed by atoms with van der Waals surface area (Å²) in [6.45, 7) is 4.40. The van der Waals surface area contributed by atoms with Gasteiger partial charge in [-0.15, -0.1) is 0 Å². The summed E-state index contributed by atoms with van der Waals surface area (Å²) in [6, 6.07) is 36.9. The predicted octanol–water partition coefficient (Wildman–Crippen LogP) is 10.8. The van der Waals surface area contributed by atoms with Crippen molar-refractivity contribution in [3.05, 3.63) is 155 Å². The van der Waals surface area contributed by atoms with Gasteiger partial charge in [-0.1, -0.05) is 74.1 Å². The van der Waals surface area contributed by atoms with Crippen LogP contribution >= 0.6 is 27.7 Å². The topological polar surface area (TPSA) is 131 Å². The van der Waals surface area contributed by atoms with Gasteiger partial charge in [0.1, 0.15) is 24.6 Å². The Hall–Kier alpha value is -6.11. The van der Waals surface area contributed by atoms with Gasteiger partial charge < -0.3 is 15.4 Å². The van der Waals surface area contributed by atoms with Crippen molar-refractivity contribution in [3.63, 3.8) is 0 Å². The zero-order valence-corrected chi connectivity index (χ0v) is 32.2. The number of pyridine rings is 2. The first-order valence-electron chi connectivity index (χ1n) is 17.6. The third-order valence-corrected chi connectivity index (χ3v) is 10.8. The third-order valence-electron chi connectivity index (χ3n) is 9.25. The lowest BCUT2D eigenvalue weighted by Gasteiger charge is -2.15. The van der Waals surface area contributed by atoms with Gasteiger partial charge >= 0.3 is 6.09 Å². The van der Waals surface area contributed by atoms with Gasteiger partial charge in [-0.25, -0.2) is 24.7 Å². The zero-order chi connectivity index (χ0) is 37.9. The molecule has 0 saturated carbocycles. The Morgan fingerprint density at radius 1 is 0.818 bits per heavy atom. The summed E-state index contributed by atoms with van der Waals surface area (Å²) < 4.78 is 6.56. The van der Waals surface area contributed by atoms with Crippen LogP contribution in [0.15, 0.2) is 142 Å². The number of carbonyl (C=O) groups is 2. The molecule has 0 saturated heterocycles. The second-order valence-corrected chi connectivity index (χ2v) is 15.2. The lowest BCUT2D eigenvalue weighted by molar-refractivity contribution is 0.102. The van der Waals surface area contributed by atoms with Crippen LogP contribution < -0.4 is 16.0 Å². The number of ether oxygens (including phenoxy) is 1. The summed E-state index contributed by atoms with van der Waals surface area (Å²) in [6.07, 6.45) is 2.58. The van der Waals surface area contributed by atoms with Gasteiger partial charge in [0.25, 0.3) is 5.91 Å². The molecule has 2 amide bonds. The van der Waals surface area contributed by atoms with E-state index in [1.54, 1.807) is 24.4 Å². The van der Waals surface area contributed by atoms with Gasteiger partial charge in [-0.2, -0.15) is 0 Å². The average Bonchev–Trinajstić information content (AvgIpc) is 3.52. The van der Waals surface area contributed by atoms with Gasteiger partial charge in [-0.05, 0) is 111 Å². The molecule has 0 fully saturated rings. The molecule has 3 N–H and O–H groups in total. The summed E-state index contributed by atoms with van der Waals surface area (Å²) >= 11 is 4.88. The number of aromatic nitrogens is 4. The molecule has 3 heterocycles. The van der Waals surface area contributed by atoms with Crippen LogP contribution in [0, 0.1) is 0 Å². The lowest BCUT2D eigenvalue weighted by atomic mass is 9.98. The Labute approximate surface area is 330 Å². The first-order chi connectivity index (χ1) is 26.8. The quantitative estimate of drug-likeness (QED) is 0.124. The Kier molecular flexibility index (Phi) is 10.2. The molecule has 0 radical (unpaired) electrons. The van der Waals surface area contributed by atoms with Gasteiger partial charge in [0.15, 0.2) is 5.65 Å². The van der Waals surface area contributed by atoms with E-state index in [1.165, 1.54) is 29.2 Å². The normalized spacial score (nSPS) is 11.9. The molecule has 0 atom stereocenters. The Bertz CT molecular complexity index is 2500. The standard InChI is InChI=1S/C43H34BrN7O3S/c1-25(2)36-18-17-34-40(49-36)46-24-47-41(34)50-37-21-26(42(52)51-39-20-12-27(44)22-45-39)11-19-38(37)55-29-15-13-28(14-16-29)48-43(53)54-23-35-32-9-5-3-7-30(32)31-8-4-6-10-33(31)35/h3-22,24-25,35H,23H2,1-2H3,(H,48,53)(H,45,51,52)(H,46,47,49,50). The molecular formula is C43H34BrN7O3S. The SMILES string of the molecule is CC(C)c1ccc2c(Nc3cc(C(=O)Nc4ccc(Br)cn4)ccc3Sc3ccc(NC(=O)OCC4c5ccccc5-c5ccccc54)cc3)ncnc2n1. The van der Waals surface area contributed by atoms with Crippen molar-refractivity contribution in [3.8, 4) is 11.1 Å². The van der Waals surface area contributed by atoms with Gasteiger partial charge in [-0.3, -0.25) is 10.1 Å². The van der Waals surface area contributed by atoms with Crippen LogP contribution in [0.3, 0.4) is 0 Å². The summed E-state index contributed by atoms with van der Waals surface area (Å²) in [5.74, 6) is 0.901. The molecule has 4 aromatic carbocycles. The first kappa shape index (κ1) is 35.9. The molecule has 0 aliphatic heterocycles. The van der Waals surface area contributed by atoms with Crippen LogP contribution in [0.1, 0.15) is 52.9 Å². The highest BCUT2D eigenvalue weighted by Gasteiger charge is 2.29. The van der Waals surface area contributed by atoms with Crippen LogP contribution in [0.2, 0.25) is 0 Å². The van der Waals surface area contributed by atoms with Gasteiger partial charge in [0.2, 0.25) is 0 Å². The van der Waals surface area contributed by atoms with Crippen LogP contribution in [0.25, 0.3) is 22.2 Å². The molecule has 7 aromatic rings. The van der Waals surface area contributed by atoms with Crippen LogP contribution in [-0.4, -0.2) is 38.5 Å². The second-order valence-electron chi connectivity index (χ2n) is 13.2. The molecule has 0 spiro atoms. The highest BCUT2D eigenvalue weighted by Crippen LogP contribution is 2.44. The molecule has 1 aliphatic carbocycles. The number of halogens is 1. The van der Waals surface area contributed by atoms with Crippen molar-refractivity contribution in [1.82, 2.24) is 19.9 Å². The summed E-state index contributed by atoms with van der Waals surface area (Å²) in [5, 5.41) is 9.93. The molecule has 8 rings (SSSR count). The Balaban J connectivity index is 0.993. The number of anilines is 4. The fraction of sp³-hybridized carbons (Fsp3) is 0.116. The molecule has 10 nitrogen and oxygen atoms in total.